The van der Waals surface area contributed by atoms with Crippen molar-refractivity contribution in [3.05, 3.63) is 89.6 Å². The maximum atomic E-state index is 12.8. The van der Waals surface area contributed by atoms with Crippen LogP contribution in [-0.2, 0) is 13.7 Å². The predicted octanol–water partition coefficient (Wildman–Crippen LogP) is 3.85. The number of amides is 2. The number of methoxy groups -OCH3 is 2. The number of aromatic nitrogens is 1. The Labute approximate surface area is 197 Å². The fourth-order valence-corrected chi connectivity index (χ4v) is 3.66. The van der Waals surface area contributed by atoms with Crippen LogP contribution >= 0.6 is 0 Å². The van der Waals surface area contributed by atoms with E-state index in [9.17, 15) is 9.59 Å². The van der Waals surface area contributed by atoms with Crippen LogP contribution in [0.4, 0.5) is 0 Å². The van der Waals surface area contributed by atoms with Gasteiger partial charge in [0.15, 0.2) is 11.5 Å². The third-order valence-electron chi connectivity index (χ3n) is 5.38. The van der Waals surface area contributed by atoms with E-state index in [0.717, 1.165) is 16.5 Å². The summed E-state index contributed by atoms with van der Waals surface area (Å²) in [6.45, 7) is 0.306. The normalized spacial score (nSPS) is 10.6. The van der Waals surface area contributed by atoms with Crippen LogP contribution in [-0.4, -0.2) is 30.6 Å². The number of para-hydroxylation sites is 1. The first-order valence-corrected chi connectivity index (χ1v) is 10.6. The molecule has 0 fully saturated rings. The average Bonchev–Trinajstić information content (AvgIpc) is 3.22. The van der Waals surface area contributed by atoms with E-state index in [1.807, 2.05) is 66.2 Å². The van der Waals surface area contributed by atoms with Crippen LogP contribution in [0.2, 0.25) is 0 Å². The zero-order valence-electron chi connectivity index (χ0n) is 19.1. The van der Waals surface area contributed by atoms with Gasteiger partial charge in [-0.2, -0.15) is 0 Å². The summed E-state index contributed by atoms with van der Waals surface area (Å²) in [5.74, 6) is 0.0958. The average molecular weight is 460 g/mol. The number of nitrogens with one attached hydrogen (secondary N) is 2. The monoisotopic (exact) mass is 459 g/mol. The molecule has 0 aliphatic heterocycles. The number of aryl methyl sites for hydroxylation is 1. The number of carbonyl (C=O) groups is 2. The summed E-state index contributed by atoms with van der Waals surface area (Å²) in [6.07, 6.45) is 1.72. The number of hydrogen-bond donors (Lipinski definition) is 2. The Hall–Kier alpha value is -4.46. The number of hydrazine groups is 1. The summed E-state index contributed by atoms with van der Waals surface area (Å²) in [6, 6.07) is 20.3. The molecule has 0 aliphatic carbocycles. The molecule has 4 aromatic rings. The molecule has 8 nitrogen and oxygen atoms in total. The van der Waals surface area contributed by atoms with E-state index >= 15 is 0 Å². The maximum absolute atomic E-state index is 12.8. The Balaban J connectivity index is 1.49. The molecule has 0 radical (unpaired) electrons. The molecule has 2 N–H and O–H groups in total. The standard InChI is InChI=1S/C26H25N3O5/c1-29-15-20(19-11-7-8-12-21(19)29)26(31)28-27-25(30)18-13-22(32-2)24(23(14-18)33-3)34-16-17-9-5-4-6-10-17/h4-15H,16H2,1-3H3,(H,27,30)(H,28,31). The highest BCUT2D eigenvalue weighted by atomic mass is 16.5. The molecule has 4 rings (SSSR count). The minimum absolute atomic E-state index is 0.235. The summed E-state index contributed by atoms with van der Waals surface area (Å²) >= 11 is 0. The lowest BCUT2D eigenvalue weighted by molar-refractivity contribution is 0.0847. The molecule has 0 unspecified atom stereocenters. The zero-order chi connectivity index (χ0) is 24.1. The van der Waals surface area contributed by atoms with E-state index in [4.69, 9.17) is 14.2 Å². The molecule has 174 valence electrons. The van der Waals surface area contributed by atoms with Gasteiger partial charge in [-0.15, -0.1) is 0 Å². The highest BCUT2D eigenvalue weighted by Crippen LogP contribution is 2.39. The van der Waals surface area contributed by atoms with Crippen LogP contribution in [0.5, 0.6) is 17.2 Å². The van der Waals surface area contributed by atoms with Crippen molar-refractivity contribution in [3.8, 4) is 17.2 Å². The van der Waals surface area contributed by atoms with Crippen molar-refractivity contribution in [2.45, 2.75) is 6.61 Å². The van der Waals surface area contributed by atoms with Crippen molar-refractivity contribution in [1.82, 2.24) is 15.4 Å². The molecule has 3 aromatic carbocycles. The molecule has 1 aromatic heterocycles. The van der Waals surface area contributed by atoms with Crippen molar-refractivity contribution in [1.29, 1.82) is 0 Å². The Morgan fingerprint density at radius 1 is 0.853 bits per heavy atom. The zero-order valence-corrected chi connectivity index (χ0v) is 19.1. The summed E-state index contributed by atoms with van der Waals surface area (Å²) in [4.78, 5) is 25.5. The first-order chi connectivity index (χ1) is 16.5. The smallest absolute Gasteiger partial charge is 0.271 e. The third-order valence-corrected chi connectivity index (χ3v) is 5.38. The van der Waals surface area contributed by atoms with Crippen LogP contribution in [0.25, 0.3) is 10.9 Å². The van der Waals surface area contributed by atoms with Crippen molar-refractivity contribution < 1.29 is 23.8 Å². The van der Waals surface area contributed by atoms with Crippen molar-refractivity contribution in [3.63, 3.8) is 0 Å². The van der Waals surface area contributed by atoms with Gasteiger partial charge in [-0.25, -0.2) is 0 Å². The minimum atomic E-state index is -0.528. The van der Waals surface area contributed by atoms with E-state index in [1.165, 1.54) is 26.4 Å². The van der Waals surface area contributed by atoms with Crippen molar-refractivity contribution in [2.24, 2.45) is 7.05 Å². The van der Waals surface area contributed by atoms with Gasteiger partial charge in [0.05, 0.1) is 19.8 Å². The number of benzene rings is 3. The fourth-order valence-electron chi connectivity index (χ4n) is 3.66. The topological polar surface area (TPSA) is 90.8 Å². The van der Waals surface area contributed by atoms with Gasteiger partial charge < -0.3 is 18.8 Å². The van der Waals surface area contributed by atoms with Gasteiger partial charge in [-0.3, -0.25) is 20.4 Å². The molecule has 2 amide bonds. The molecule has 0 bridgehead atoms. The summed E-state index contributed by atoms with van der Waals surface area (Å²) in [5, 5.41) is 0.792. The Bertz CT molecular complexity index is 1310. The number of ether oxygens (including phenoxy) is 3. The first kappa shape index (κ1) is 22.7. The van der Waals surface area contributed by atoms with Crippen LogP contribution in [0, 0.1) is 0 Å². The van der Waals surface area contributed by atoms with Gasteiger partial charge in [0, 0.05) is 29.7 Å². The largest absolute Gasteiger partial charge is 0.493 e. The maximum Gasteiger partial charge on any atom is 0.271 e. The van der Waals surface area contributed by atoms with E-state index < -0.39 is 11.8 Å². The molecule has 8 heteroatoms. The first-order valence-electron chi connectivity index (χ1n) is 10.6. The quantitative estimate of drug-likeness (QED) is 0.410. The number of nitrogens with zero attached hydrogens (tertiary/aromatic N) is 1. The van der Waals surface area contributed by atoms with Gasteiger partial charge in [0.2, 0.25) is 5.75 Å². The molecule has 0 spiro atoms. The van der Waals surface area contributed by atoms with E-state index in [0.29, 0.717) is 29.4 Å². The van der Waals surface area contributed by atoms with E-state index in [1.54, 1.807) is 6.20 Å². The van der Waals surface area contributed by atoms with Crippen LogP contribution in [0.15, 0.2) is 72.9 Å². The lowest BCUT2D eigenvalue weighted by atomic mass is 10.1. The molecular formula is C26H25N3O5. The van der Waals surface area contributed by atoms with Crippen LogP contribution in [0.1, 0.15) is 26.3 Å². The van der Waals surface area contributed by atoms with Crippen molar-refractivity contribution >= 4 is 22.7 Å². The number of carbonyl (C=O) groups excluding carboxylic acids is 2. The number of fused-ring (bicyclic) bond motifs is 1. The Morgan fingerprint density at radius 2 is 1.47 bits per heavy atom. The van der Waals surface area contributed by atoms with Gasteiger partial charge in [-0.05, 0) is 23.8 Å². The lowest BCUT2D eigenvalue weighted by Crippen LogP contribution is -2.41. The number of hydrogen-bond acceptors (Lipinski definition) is 5. The van der Waals surface area contributed by atoms with Crippen molar-refractivity contribution in [2.75, 3.05) is 14.2 Å². The molecule has 0 atom stereocenters. The highest BCUT2D eigenvalue weighted by molar-refractivity contribution is 6.08. The number of rotatable bonds is 7. The third kappa shape index (κ3) is 4.66. The molecular weight excluding hydrogens is 434 g/mol. The van der Waals surface area contributed by atoms with Gasteiger partial charge in [0.1, 0.15) is 6.61 Å². The second-order valence-electron chi connectivity index (χ2n) is 7.56. The highest BCUT2D eigenvalue weighted by Gasteiger charge is 2.19. The Kier molecular flexibility index (Phi) is 6.68. The SMILES string of the molecule is COc1cc(C(=O)NNC(=O)c2cn(C)c3ccccc23)cc(OC)c1OCc1ccccc1. The van der Waals surface area contributed by atoms with Gasteiger partial charge >= 0.3 is 0 Å². The molecule has 34 heavy (non-hydrogen) atoms. The molecule has 1 heterocycles. The van der Waals surface area contributed by atoms with E-state index in [2.05, 4.69) is 10.9 Å². The fraction of sp³-hybridized carbons (Fsp3) is 0.154. The summed E-state index contributed by atoms with van der Waals surface area (Å²) in [5.41, 5.74) is 7.51. The van der Waals surface area contributed by atoms with Gasteiger partial charge in [0.25, 0.3) is 11.8 Å². The van der Waals surface area contributed by atoms with Crippen LogP contribution in [0.3, 0.4) is 0 Å². The lowest BCUT2D eigenvalue weighted by Gasteiger charge is -2.16. The van der Waals surface area contributed by atoms with Crippen LogP contribution < -0.4 is 25.1 Å². The molecule has 0 saturated carbocycles. The predicted molar refractivity (Wildman–Crippen MR) is 128 cm³/mol. The Morgan fingerprint density at radius 3 is 2.15 bits per heavy atom. The van der Waals surface area contributed by atoms with Gasteiger partial charge in [-0.1, -0.05) is 48.5 Å². The second-order valence-corrected chi connectivity index (χ2v) is 7.56. The molecule has 0 aliphatic rings. The summed E-state index contributed by atoms with van der Waals surface area (Å²) in [7, 11) is 4.82. The minimum Gasteiger partial charge on any atom is -0.493 e. The summed E-state index contributed by atoms with van der Waals surface area (Å²) < 4.78 is 18.6. The molecule has 0 saturated heterocycles. The second kappa shape index (κ2) is 9.99. The van der Waals surface area contributed by atoms with E-state index in [-0.39, 0.29) is 5.56 Å².